The summed E-state index contributed by atoms with van der Waals surface area (Å²) >= 11 is 3.39. The zero-order valence-corrected chi connectivity index (χ0v) is 13.4. The molecular formula is C15H22BrNO2. The number of benzene rings is 1. The van der Waals surface area contributed by atoms with Crippen LogP contribution in [-0.4, -0.2) is 23.4 Å². The fourth-order valence-electron chi connectivity index (χ4n) is 1.71. The fraction of sp³-hybridized carbons (Fsp3) is 0.533. The first-order valence-corrected chi connectivity index (χ1v) is 7.61. The molecule has 0 aromatic heterocycles. The van der Waals surface area contributed by atoms with E-state index in [1.807, 2.05) is 45.0 Å². The van der Waals surface area contributed by atoms with Crippen LogP contribution in [0.2, 0.25) is 0 Å². The second-order valence-electron chi connectivity index (χ2n) is 5.29. The van der Waals surface area contributed by atoms with E-state index in [-0.39, 0.29) is 11.4 Å². The van der Waals surface area contributed by atoms with Crippen LogP contribution >= 0.6 is 15.9 Å². The molecule has 0 saturated heterocycles. The van der Waals surface area contributed by atoms with E-state index in [1.54, 1.807) is 0 Å². The van der Waals surface area contributed by atoms with Crippen molar-refractivity contribution < 1.29 is 9.53 Å². The van der Waals surface area contributed by atoms with Crippen molar-refractivity contribution in [2.45, 2.75) is 39.2 Å². The van der Waals surface area contributed by atoms with E-state index in [0.29, 0.717) is 13.0 Å². The number of halogens is 1. The van der Waals surface area contributed by atoms with Crippen molar-refractivity contribution in [1.82, 2.24) is 5.32 Å². The number of hydrogen-bond donors (Lipinski definition) is 1. The van der Waals surface area contributed by atoms with Gasteiger partial charge in [-0.15, -0.1) is 0 Å². The number of nitrogens with one attached hydrogen (secondary N) is 1. The van der Waals surface area contributed by atoms with Gasteiger partial charge in [0.1, 0.15) is 5.75 Å². The smallest absolute Gasteiger partial charge is 0.223 e. The van der Waals surface area contributed by atoms with Crippen LogP contribution in [0.15, 0.2) is 24.3 Å². The Kier molecular flexibility index (Phi) is 6.35. The van der Waals surface area contributed by atoms with Gasteiger partial charge in [-0.1, -0.05) is 28.1 Å². The van der Waals surface area contributed by atoms with Crippen molar-refractivity contribution in [1.29, 1.82) is 0 Å². The van der Waals surface area contributed by atoms with Crippen LogP contribution in [-0.2, 0) is 4.79 Å². The zero-order valence-electron chi connectivity index (χ0n) is 11.8. The average molecular weight is 328 g/mol. The van der Waals surface area contributed by atoms with Gasteiger partial charge in [-0.05, 0) is 44.9 Å². The molecule has 106 valence electrons. The Balaban J connectivity index is 2.31. The molecule has 4 heteroatoms. The first-order valence-electron chi connectivity index (χ1n) is 6.49. The molecule has 1 N–H and O–H groups in total. The van der Waals surface area contributed by atoms with Crippen LogP contribution in [0, 0.1) is 6.92 Å². The average Bonchev–Trinajstić information content (AvgIpc) is 2.27. The van der Waals surface area contributed by atoms with E-state index in [0.717, 1.165) is 23.1 Å². The highest BCUT2D eigenvalue weighted by Gasteiger charge is 2.19. The highest BCUT2D eigenvalue weighted by Crippen LogP contribution is 2.13. The van der Waals surface area contributed by atoms with E-state index in [4.69, 9.17) is 4.74 Å². The molecule has 1 aromatic rings. The molecule has 0 radical (unpaired) electrons. The lowest BCUT2D eigenvalue weighted by Crippen LogP contribution is -2.44. The molecular weight excluding hydrogens is 306 g/mol. The molecule has 0 aliphatic carbocycles. The molecule has 1 aromatic carbocycles. The first-order chi connectivity index (χ1) is 8.93. The number of alkyl halides is 1. The van der Waals surface area contributed by atoms with Gasteiger partial charge in [-0.3, -0.25) is 4.79 Å². The molecule has 0 heterocycles. The monoisotopic (exact) mass is 327 g/mol. The quantitative estimate of drug-likeness (QED) is 0.779. The number of rotatable bonds is 7. The van der Waals surface area contributed by atoms with Gasteiger partial charge in [0.15, 0.2) is 0 Å². The molecule has 0 fully saturated rings. The molecule has 0 spiro atoms. The van der Waals surface area contributed by atoms with Crippen LogP contribution < -0.4 is 10.1 Å². The van der Waals surface area contributed by atoms with Crippen LogP contribution in [0.4, 0.5) is 0 Å². The van der Waals surface area contributed by atoms with Gasteiger partial charge in [0.2, 0.25) is 5.91 Å². The molecule has 0 aliphatic heterocycles. The molecule has 1 rings (SSSR count). The molecule has 1 amide bonds. The van der Waals surface area contributed by atoms with Crippen molar-refractivity contribution in [2.75, 3.05) is 11.9 Å². The van der Waals surface area contributed by atoms with Gasteiger partial charge in [0.25, 0.3) is 0 Å². The number of carbonyl (C=O) groups is 1. The van der Waals surface area contributed by atoms with Crippen LogP contribution in [0.3, 0.4) is 0 Å². The van der Waals surface area contributed by atoms with Crippen molar-refractivity contribution >= 4 is 21.8 Å². The predicted octanol–water partition coefficient (Wildman–Crippen LogP) is 3.44. The third-order valence-electron chi connectivity index (χ3n) is 2.78. The Bertz CT molecular complexity index is 418. The van der Waals surface area contributed by atoms with E-state index in [1.165, 1.54) is 0 Å². The highest BCUT2D eigenvalue weighted by atomic mass is 79.9. The van der Waals surface area contributed by atoms with E-state index < -0.39 is 0 Å². The maximum Gasteiger partial charge on any atom is 0.223 e. The second kappa shape index (κ2) is 7.53. The molecule has 3 nitrogen and oxygen atoms in total. The van der Waals surface area contributed by atoms with Crippen LogP contribution in [0.5, 0.6) is 5.75 Å². The lowest BCUT2D eigenvalue weighted by Gasteiger charge is -2.25. The lowest BCUT2D eigenvalue weighted by molar-refractivity contribution is -0.123. The van der Waals surface area contributed by atoms with E-state index in [2.05, 4.69) is 21.2 Å². The Morgan fingerprint density at radius 3 is 2.79 bits per heavy atom. The largest absolute Gasteiger partial charge is 0.493 e. The van der Waals surface area contributed by atoms with Gasteiger partial charge in [-0.25, -0.2) is 0 Å². The summed E-state index contributed by atoms with van der Waals surface area (Å²) in [5.41, 5.74) is 0.976. The molecule has 19 heavy (non-hydrogen) atoms. The predicted molar refractivity (Wildman–Crippen MR) is 81.9 cm³/mol. The third-order valence-corrected chi connectivity index (χ3v) is 3.18. The van der Waals surface area contributed by atoms with Crippen LogP contribution in [0.1, 0.15) is 32.3 Å². The van der Waals surface area contributed by atoms with Crippen LogP contribution in [0.25, 0.3) is 0 Å². The summed E-state index contributed by atoms with van der Waals surface area (Å²) in [5, 5.41) is 3.88. The lowest BCUT2D eigenvalue weighted by atomic mass is 10.0. The zero-order chi connectivity index (χ0) is 14.3. The summed E-state index contributed by atoms with van der Waals surface area (Å²) in [5.74, 6) is 0.839. The van der Waals surface area contributed by atoms with Crippen molar-refractivity contribution in [3.05, 3.63) is 29.8 Å². The Labute approximate surface area is 123 Å². The minimum atomic E-state index is -0.177. The number of amides is 1. The second-order valence-corrected chi connectivity index (χ2v) is 6.08. The fourth-order valence-corrected chi connectivity index (χ4v) is 2.70. The molecule has 0 aliphatic rings. The summed E-state index contributed by atoms with van der Waals surface area (Å²) in [6.45, 7) is 6.46. The molecule has 0 saturated carbocycles. The first kappa shape index (κ1) is 16.0. The third kappa shape index (κ3) is 6.62. The highest BCUT2D eigenvalue weighted by molar-refractivity contribution is 9.09. The number of ether oxygens (including phenoxy) is 1. The maximum atomic E-state index is 11.8. The van der Waals surface area contributed by atoms with E-state index in [9.17, 15) is 4.79 Å². The minimum Gasteiger partial charge on any atom is -0.493 e. The van der Waals surface area contributed by atoms with Gasteiger partial charge >= 0.3 is 0 Å². The van der Waals surface area contributed by atoms with Gasteiger partial charge in [0, 0.05) is 10.9 Å². The summed E-state index contributed by atoms with van der Waals surface area (Å²) in [4.78, 5) is 11.8. The Morgan fingerprint density at radius 1 is 1.42 bits per heavy atom. The Morgan fingerprint density at radius 2 is 2.16 bits per heavy atom. The summed E-state index contributed by atoms with van der Waals surface area (Å²) in [6.07, 6.45) is 1.27. The summed E-state index contributed by atoms with van der Waals surface area (Å²) < 4.78 is 5.56. The normalized spacial score (nSPS) is 11.2. The number of hydrogen-bond acceptors (Lipinski definition) is 2. The summed E-state index contributed by atoms with van der Waals surface area (Å²) in [7, 11) is 0. The van der Waals surface area contributed by atoms with Crippen molar-refractivity contribution in [2.24, 2.45) is 0 Å². The van der Waals surface area contributed by atoms with E-state index >= 15 is 0 Å². The maximum absolute atomic E-state index is 11.8. The van der Waals surface area contributed by atoms with Gasteiger partial charge < -0.3 is 10.1 Å². The molecule has 0 unspecified atom stereocenters. The number of aryl methyl sites for hydroxylation is 1. The SMILES string of the molecule is Cc1cccc(OCCC(=O)NC(C)(C)CCBr)c1. The van der Waals surface area contributed by atoms with Crippen molar-refractivity contribution in [3.63, 3.8) is 0 Å². The molecule has 0 bridgehead atoms. The minimum absolute atomic E-state index is 0.0265. The molecule has 0 atom stereocenters. The summed E-state index contributed by atoms with van der Waals surface area (Å²) in [6, 6.07) is 7.83. The number of carbonyl (C=O) groups excluding carboxylic acids is 1. The van der Waals surface area contributed by atoms with Gasteiger partial charge in [0.05, 0.1) is 13.0 Å². The standard InChI is InChI=1S/C15H22BrNO2/c1-12-5-4-6-13(11-12)19-10-7-14(18)17-15(2,3)8-9-16/h4-6,11H,7-10H2,1-3H3,(H,17,18). The topological polar surface area (TPSA) is 38.3 Å². The Hall–Kier alpha value is -1.03. The van der Waals surface area contributed by atoms with Gasteiger partial charge in [-0.2, -0.15) is 0 Å². The van der Waals surface area contributed by atoms with Crippen molar-refractivity contribution in [3.8, 4) is 5.75 Å².